The van der Waals surface area contributed by atoms with Crippen LogP contribution in [0.1, 0.15) is 11.1 Å². The molecule has 0 saturated heterocycles. The molecule has 0 nitrogen and oxygen atoms in total. The molecule has 0 atom stereocenters. The lowest BCUT2D eigenvalue weighted by molar-refractivity contribution is 1.28. The first-order chi connectivity index (χ1) is 14.3. The molecule has 0 spiro atoms. The monoisotopic (exact) mass is 366 g/mol. The average Bonchev–Trinajstić information content (AvgIpc) is 3.09. The van der Waals surface area contributed by atoms with E-state index in [0.717, 1.165) is 6.42 Å². The molecule has 7 rings (SSSR count). The highest BCUT2D eigenvalue weighted by Gasteiger charge is 2.20. The van der Waals surface area contributed by atoms with Crippen LogP contribution in [0.25, 0.3) is 54.2 Å². The summed E-state index contributed by atoms with van der Waals surface area (Å²) in [5.74, 6) is 0. The van der Waals surface area contributed by atoms with Gasteiger partial charge in [-0.1, -0.05) is 60.7 Å². The Labute approximate surface area is 169 Å². The molecule has 0 saturated carbocycles. The van der Waals surface area contributed by atoms with Crippen LogP contribution in [0.2, 0.25) is 0 Å². The quantitative estimate of drug-likeness (QED) is 0.240. The lowest BCUT2D eigenvalue weighted by atomic mass is 9.96. The van der Waals surface area contributed by atoms with Gasteiger partial charge < -0.3 is 0 Å². The van der Waals surface area contributed by atoms with Crippen LogP contribution < -0.4 is 0 Å². The fourth-order valence-electron chi connectivity index (χ4n) is 5.08. The molecule has 0 fully saturated rings. The number of rotatable bonds is 0. The molecule has 0 heterocycles. The SMILES string of the molecule is c1ccc2cc3c(cc2c1)Cc1cc2cc4cc5ccccc5cc4cc2cc1-3. The first-order valence-electron chi connectivity index (χ1n) is 10.2. The molecule has 29 heavy (non-hydrogen) atoms. The summed E-state index contributed by atoms with van der Waals surface area (Å²) in [6, 6.07) is 36.2. The van der Waals surface area contributed by atoms with Gasteiger partial charge in [0.25, 0.3) is 0 Å². The standard InChI is InChI=1S/C29H18/c1-2-6-19-10-23-13-25-17-29-27(14-24(25)12-22(23)9-18(19)5-1)15-26-11-20-7-3-4-8-21(20)16-28(26)29/h1-14,16-17H,15H2. The predicted octanol–water partition coefficient (Wildman–Crippen LogP) is 7.87. The molecular weight excluding hydrogens is 348 g/mol. The molecule has 6 aromatic rings. The van der Waals surface area contributed by atoms with Crippen LogP contribution in [-0.2, 0) is 6.42 Å². The summed E-state index contributed by atoms with van der Waals surface area (Å²) < 4.78 is 0. The Balaban J connectivity index is 1.50. The fourth-order valence-corrected chi connectivity index (χ4v) is 5.08. The zero-order chi connectivity index (χ0) is 18.9. The Morgan fingerprint density at radius 1 is 0.345 bits per heavy atom. The van der Waals surface area contributed by atoms with Gasteiger partial charge in [-0.2, -0.15) is 0 Å². The molecule has 1 aliphatic carbocycles. The van der Waals surface area contributed by atoms with E-state index >= 15 is 0 Å². The summed E-state index contributed by atoms with van der Waals surface area (Å²) in [4.78, 5) is 0. The maximum Gasteiger partial charge on any atom is -0.00130 e. The minimum Gasteiger partial charge on any atom is -0.0616 e. The van der Waals surface area contributed by atoms with Gasteiger partial charge in [-0.3, -0.25) is 0 Å². The highest BCUT2D eigenvalue weighted by atomic mass is 14.2. The summed E-state index contributed by atoms with van der Waals surface area (Å²) in [5, 5.41) is 10.6. The smallest absolute Gasteiger partial charge is 0.00130 e. The average molecular weight is 366 g/mol. The highest BCUT2D eigenvalue weighted by molar-refractivity contribution is 6.06. The van der Waals surface area contributed by atoms with E-state index in [1.807, 2.05) is 0 Å². The van der Waals surface area contributed by atoms with Crippen LogP contribution in [0.4, 0.5) is 0 Å². The number of hydrogen-bond donors (Lipinski definition) is 0. The van der Waals surface area contributed by atoms with Crippen molar-refractivity contribution in [3.05, 3.63) is 108 Å². The molecular formula is C29H18. The van der Waals surface area contributed by atoms with Crippen molar-refractivity contribution in [3.63, 3.8) is 0 Å². The van der Waals surface area contributed by atoms with E-state index in [4.69, 9.17) is 0 Å². The van der Waals surface area contributed by atoms with Crippen LogP contribution >= 0.6 is 0 Å². The molecule has 0 unspecified atom stereocenters. The van der Waals surface area contributed by atoms with Gasteiger partial charge in [0, 0.05) is 0 Å². The molecule has 0 amide bonds. The van der Waals surface area contributed by atoms with Crippen LogP contribution in [0, 0.1) is 0 Å². The van der Waals surface area contributed by atoms with E-state index in [2.05, 4.69) is 97.1 Å². The molecule has 0 aromatic heterocycles. The summed E-state index contributed by atoms with van der Waals surface area (Å²) in [5.41, 5.74) is 5.70. The van der Waals surface area contributed by atoms with Gasteiger partial charge >= 0.3 is 0 Å². The Morgan fingerprint density at radius 3 is 1.28 bits per heavy atom. The molecule has 0 bridgehead atoms. The largest absolute Gasteiger partial charge is 0.0616 e. The normalized spacial score (nSPS) is 12.7. The minimum absolute atomic E-state index is 1.03. The second kappa shape index (κ2) is 5.46. The van der Waals surface area contributed by atoms with Gasteiger partial charge in [-0.05, 0) is 108 Å². The number of hydrogen-bond acceptors (Lipinski definition) is 0. The van der Waals surface area contributed by atoms with Crippen LogP contribution in [0.5, 0.6) is 0 Å². The molecule has 134 valence electrons. The highest BCUT2D eigenvalue weighted by Crippen LogP contribution is 2.41. The minimum atomic E-state index is 1.03. The van der Waals surface area contributed by atoms with E-state index < -0.39 is 0 Å². The van der Waals surface area contributed by atoms with Crippen molar-refractivity contribution >= 4 is 43.1 Å². The third-order valence-electron chi connectivity index (χ3n) is 6.52. The Bertz CT molecular complexity index is 1620. The molecule has 0 radical (unpaired) electrons. The first-order valence-corrected chi connectivity index (χ1v) is 10.2. The third-order valence-corrected chi connectivity index (χ3v) is 6.52. The van der Waals surface area contributed by atoms with Crippen molar-refractivity contribution in [2.45, 2.75) is 6.42 Å². The maximum absolute atomic E-state index is 2.41. The van der Waals surface area contributed by atoms with Crippen molar-refractivity contribution in [1.82, 2.24) is 0 Å². The van der Waals surface area contributed by atoms with Crippen molar-refractivity contribution < 1.29 is 0 Å². The second-order valence-corrected chi connectivity index (χ2v) is 8.29. The van der Waals surface area contributed by atoms with Gasteiger partial charge in [0.1, 0.15) is 0 Å². The Kier molecular flexibility index (Phi) is 2.88. The van der Waals surface area contributed by atoms with Gasteiger partial charge in [-0.25, -0.2) is 0 Å². The van der Waals surface area contributed by atoms with Crippen LogP contribution in [0.3, 0.4) is 0 Å². The maximum atomic E-state index is 2.41. The molecule has 0 aliphatic heterocycles. The fraction of sp³-hybridized carbons (Fsp3) is 0.0345. The molecule has 6 aromatic carbocycles. The van der Waals surface area contributed by atoms with Crippen LogP contribution in [-0.4, -0.2) is 0 Å². The first kappa shape index (κ1) is 15.3. The van der Waals surface area contributed by atoms with E-state index in [1.54, 1.807) is 0 Å². The zero-order valence-electron chi connectivity index (χ0n) is 15.9. The zero-order valence-corrected chi connectivity index (χ0v) is 15.9. The van der Waals surface area contributed by atoms with E-state index in [9.17, 15) is 0 Å². The Morgan fingerprint density at radius 2 is 0.690 bits per heavy atom. The lowest BCUT2D eigenvalue weighted by Crippen LogP contribution is -1.83. The predicted molar refractivity (Wildman–Crippen MR) is 125 cm³/mol. The van der Waals surface area contributed by atoms with Crippen molar-refractivity contribution in [1.29, 1.82) is 0 Å². The summed E-state index contributed by atoms with van der Waals surface area (Å²) in [6.07, 6.45) is 1.03. The lowest BCUT2D eigenvalue weighted by Gasteiger charge is -2.08. The molecule has 0 N–H and O–H groups in total. The van der Waals surface area contributed by atoms with Crippen molar-refractivity contribution in [2.24, 2.45) is 0 Å². The Hall–Kier alpha value is -3.64. The van der Waals surface area contributed by atoms with E-state index in [-0.39, 0.29) is 0 Å². The number of fused-ring (bicyclic) bond motifs is 7. The van der Waals surface area contributed by atoms with Gasteiger partial charge in [0.05, 0.1) is 0 Å². The van der Waals surface area contributed by atoms with Gasteiger partial charge in [-0.15, -0.1) is 0 Å². The van der Waals surface area contributed by atoms with E-state index in [1.165, 1.54) is 65.3 Å². The van der Waals surface area contributed by atoms with Crippen LogP contribution in [0.15, 0.2) is 97.1 Å². The van der Waals surface area contributed by atoms with E-state index in [0.29, 0.717) is 0 Å². The van der Waals surface area contributed by atoms with Gasteiger partial charge in [0.15, 0.2) is 0 Å². The molecule has 1 aliphatic rings. The summed E-state index contributed by atoms with van der Waals surface area (Å²) in [6.45, 7) is 0. The third kappa shape index (κ3) is 2.20. The van der Waals surface area contributed by atoms with Crippen molar-refractivity contribution in [3.8, 4) is 11.1 Å². The summed E-state index contributed by atoms with van der Waals surface area (Å²) >= 11 is 0. The second-order valence-electron chi connectivity index (χ2n) is 8.29. The number of benzene rings is 6. The van der Waals surface area contributed by atoms with Gasteiger partial charge in [0.2, 0.25) is 0 Å². The van der Waals surface area contributed by atoms with Crippen molar-refractivity contribution in [2.75, 3.05) is 0 Å². The molecule has 0 heteroatoms. The summed E-state index contributed by atoms with van der Waals surface area (Å²) in [7, 11) is 0. The topological polar surface area (TPSA) is 0 Å².